The van der Waals surface area contributed by atoms with E-state index in [1.807, 2.05) is 12.2 Å². The van der Waals surface area contributed by atoms with Crippen LogP contribution in [0.3, 0.4) is 0 Å². The quantitative estimate of drug-likeness (QED) is 0.0169. The maximum Gasteiger partial charge on any atom is 0.472 e. The van der Waals surface area contributed by atoms with Crippen LogP contribution < -0.4 is 0 Å². The van der Waals surface area contributed by atoms with Crippen LogP contribution in [-0.2, 0) is 65.4 Å². The summed E-state index contributed by atoms with van der Waals surface area (Å²) in [7, 11) is -9.99. The van der Waals surface area contributed by atoms with Gasteiger partial charge in [-0.3, -0.25) is 37.3 Å². The summed E-state index contributed by atoms with van der Waals surface area (Å²) in [5, 5.41) is 10.6. The van der Waals surface area contributed by atoms with E-state index in [2.05, 4.69) is 125 Å². The zero-order valence-corrected chi connectivity index (χ0v) is 65.8. The lowest BCUT2D eigenvalue weighted by molar-refractivity contribution is -0.161. The normalized spacial score (nSPS) is 14.5. The lowest BCUT2D eigenvalue weighted by Crippen LogP contribution is -2.30. The van der Waals surface area contributed by atoms with Gasteiger partial charge in [0.05, 0.1) is 32.8 Å². The molecule has 5 atom stereocenters. The standard InChI is InChI=1S/C83H142O17P2/c1-5-9-13-17-21-25-29-33-36-37-38-39-42-45-48-52-56-60-64-68-81(86)94-74-79(100-83(88)70-66-62-58-54-50-46-41-35-31-27-23-19-15-11-7-3)76-98-102(91,92)96-72-77(84)71-95-101(89,90)97-75-78(99-82(87)69-65-61-57-53-49-43-32-28-24-20-16-12-8-4)73-93-80(85)67-63-59-55-51-47-44-40-34-30-26-22-18-14-10-6-2/h11,15-16,20-21,23,25,27-28,32-33,35-36,38-39,41,50,54,62,66,77-79,84H,5-10,12-14,17-19,22,24,26,29-31,34,37,40,42-49,51-53,55-61,63-65,67-76H2,1-4H3,(H,89,90)(H,91,92)/b15-11-,20-16-,25-21-,27-23-,32-28-,36-33-,39-38-,41-35-,54-50-,66-62-. The molecular formula is C83H142O17P2. The van der Waals surface area contributed by atoms with Crippen LogP contribution in [0.4, 0.5) is 0 Å². The van der Waals surface area contributed by atoms with Gasteiger partial charge in [-0.25, -0.2) is 9.13 Å². The van der Waals surface area contributed by atoms with Crippen LogP contribution in [-0.4, -0.2) is 96.7 Å². The number of ether oxygens (including phenoxy) is 4. The summed E-state index contributed by atoms with van der Waals surface area (Å²) < 4.78 is 68.4. The monoisotopic (exact) mass is 1470 g/mol. The molecule has 0 aliphatic heterocycles. The van der Waals surface area contributed by atoms with E-state index >= 15 is 0 Å². The largest absolute Gasteiger partial charge is 0.472 e. The Morgan fingerprint density at radius 3 is 0.931 bits per heavy atom. The Kier molecular flexibility index (Phi) is 71.4. The van der Waals surface area contributed by atoms with Crippen molar-refractivity contribution < 1.29 is 80.2 Å². The summed E-state index contributed by atoms with van der Waals surface area (Å²) in [4.78, 5) is 72.9. The Balaban J connectivity index is 5.41. The van der Waals surface area contributed by atoms with E-state index in [4.69, 9.17) is 37.0 Å². The highest BCUT2D eigenvalue weighted by Gasteiger charge is 2.30. The third kappa shape index (κ3) is 73.8. The van der Waals surface area contributed by atoms with Crippen LogP contribution in [0.15, 0.2) is 122 Å². The minimum absolute atomic E-state index is 0.0765. The summed E-state index contributed by atoms with van der Waals surface area (Å²) in [6.45, 7) is 4.55. The van der Waals surface area contributed by atoms with Crippen molar-refractivity contribution in [3.63, 3.8) is 0 Å². The highest BCUT2D eigenvalue weighted by atomic mass is 31.2. The number of carbonyl (C=O) groups is 4. The second kappa shape index (κ2) is 74.7. The molecule has 0 aliphatic rings. The number of aliphatic hydroxyl groups excluding tert-OH is 1. The smallest absolute Gasteiger partial charge is 0.462 e. The lowest BCUT2D eigenvalue weighted by Gasteiger charge is -2.21. The number of esters is 4. The van der Waals surface area contributed by atoms with Crippen LogP contribution in [0.5, 0.6) is 0 Å². The van der Waals surface area contributed by atoms with E-state index in [0.29, 0.717) is 25.7 Å². The summed E-state index contributed by atoms with van der Waals surface area (Å²) in [5.41, 5.74) is 0. The molecule has 17 nitrogen and oxygen atoms in total. The minimum Gasteiger partial charge on any atom is -0.462 e. The Hall–Kier alpha value is -4.54. The summed E-state index contributed by atoms with van der Waals surface area (Å²) in [6.07, 6.45) is 82.1. The van der Waals surface area contributed by atoms with Crippen molar-refractivity contribution in [2.45, 2.75) is 341 Å². The van der Waals surface area contributed by atoms with Crippen LogP contribution in [0, 0.1) is 0 Å². The van der Waals surface area contributed by atoms with E-state index in [1.165, 1.54) is 89.9 Å². The van der Waals surface area contributed by atoms with Gasteiger partial charge in [0.2, 0.25) is 0 Å². The van der Waals surface area contributed by atoms with Gasteiger partial charge >= 0.3 is 39.5 Å². The zero-order chi connectivity index (χ0) is 74.6. The highest BCUT2D eigenvalue weighted by Crippen LogP contribution is 2.45. The third-order valence-electron chi connectivity index (χ3n) is 16.4. The van der Waals surface area contributed by atoms with Gasteiger partial charge in [0.1, 0.15) is 19.3 Å². The van der Waals surface area contributed by atoms with E-state index < -0.39 is 97.5 Å². The molecule has 0 spiro atoms. The first-order chi connectivity index (χ1) is 49.7. The summed E-state index contributed by atoms with van der Waals surface area (Å²) in [6, 6.07) is 0. The van der Waals surface area contributed by atoms with Crippen LogP contribution in [0.25, 0.3) is 0 Å². The molecule has 19 heteroatoms. The number of hydrogen-bond acceptors (Lipinski definition) is 15. The number of carbonyl (C=O) groups excluding carboxylic acids is 4. The van der Waals surface area contributed by atoms with Gasteiger partial charge in [-0.2, -0.15) is 0 Å². The van der Waals surface area contributed by atoms with Gasteiger partial charge in [0.25, 0.3) is 0 Å². The van der Waals surface area contributed by atoms with Crippen molar-refractivity contribution in [1.82, 2.24) is 0 Å². The first-order valence-corrected chi connectivity index (χ1v) is 42.8. The molecule has 586 valence electrons. The number of unbranched alkanes of at least 4 members (excludes halogenated alkanes) is 29. The lowest BCUT2D eigenvalue weighted by atomic mass is 10.0. The molecule has 0 saturated heterocycles. The van der Waals surface area contributed by atoms with E-state index in [9.17, 15) is 43.2 Å². The van der Waals surface area contributed by atoms with Gasteiger partial charge in [-0.1, -0.05) is 303 Å². The fourth-order valence-corrected chi connectivity index (χ4v) is 12.0. The molecule has 0 saturated carbocycles. The molecule has 102 heavy (non-hydrogen) atoms. The van der Waals surface area contributed by atoms with Crippen LogP contribution >= 0.6 is 15.6 Å². The van der Waals surface area contributed by atoms with Crippen molar-refractivity contribution >= 4 is 39.5 Å². The van der Waals surface area contributed by atoms with Gasteiger partial charge in [0, 0.05) is 19.3 Å². The van der Waals surface area contributed by atoms with Crippen molar-refractivity contribution in [1.29, 1.82) is 0 Å². The number of rotatable bonds is 74. The fraction of sp³-hybridized carbons (Fsp3) is 0.711. The molecule has 0 aromatic heterocycles. The number of aliphatic hydroxyl groups is 1. The van der Waals surface area contributed by atoms with Gasteiger partial charge in [0.15, 0.2) is 12.2 Å². The predicted octanol–water partition coefficient (Wildman–Crippen LogP) is 23.1. The van der Waals surface area contributed by atoms with Crippen molar-refractivity contribution in [2.75, 3.05) is 39.6 Å². The van der Waals surface area contributed by atoms with Gasteiger partial charge in [-0.15, -0.1) is 0 Å². The van der Waals surface area contributed by atoms with Crippen molar-refractivity contribution in [3.8, 4) is 0 Å². The Morgan fingerprint density at radius 1 is 0.294 bits per heavy atom. The summed E-state index contributed by atoms with van der Waals surface area (Å²) in [5.74, 6) is -2.34. The van der Waals surface area contributed by atoms with E-state index in [0.717, 1.165) is 154 Å². The average Bonchev–Trinajstić information content (AvgIpc) is 0.907. The molecule has 3 N–H and O–H groups in total. The minimum atomic E-state index is -5.01. The number of phosphoric ester groups is 2. The van der Waals surface area contributed by atoms with Crippen molar-refractivity contribution in [3.05, 3.63) is 122 Å². The number of allylic oxidation sites excluding steroid dienone is 19. The SMILES string of the molecule is CC/C=C\C/C=C\C/C=C\C/C=C\C/C=C\CC(=O)OC(COC(=O)CCCCCCCC/C=C\C/C=C\C/C=C\CCCCC)COP(=O)(O)OCC(O)COP(=O)(O)OCC(COC(=O)CCCCCCCCCCCCCCCCC)OC(=O)CCCCCCC/C=C\C/C=C\CCC. The average molecular weight is 1470 g/mol. The first-order valence-electron chi connectivity index (χ1n) is 39.8. The molecular weight excluding hydrogens is 1330 g/mol. The molecule has 0 aromatic rings. The van der Waals surface area contributed by atoms with Crippen molar-refractivity contribution in [2.24, 2.45) is 0 Å². The molecule has 0 bridgehead atoms. The molecule has 5 unspecified atom stereocenters. The molecule has 0 heterocycles. The number of hydrogen-bond donors (Lipinski definition) is 3. The second-order valence-electron chi connectivity index (χ2n) is 26.3. The Bertz CT molecular complexity index is 2410. The summed E-state index contributed by atoms with van der Waals surface area (Å²) >= 11 is 0. The van der Waals surface area contributed by atoms with E-state index in [-0.39, 0.29) is 25.7 Å². The fourth-order valence-electron chi connectivity index (χ4n) is 10.4. The molecule has 0 amide bonds. The molecule has 0 aromatic carbocycles. The molecule has 0 radical (unpaired) electrons. The maximum atomic E-state index is 13.1. The molecule has 0 fully saturated rings. The Labute approximate surface area is 619 Å². The molecule has 0 rings (SSSR count). The number of phosphoric acid groups is 2. The third-order valence-corrected chi connectivity index (χ3v) is 18.3. The second-order valence-corrected chi connectivity index (χ2v) is 29.2. The highest BCUT2D eigenvalue weighted by molar-refractivity contribution is 7.47. The topological polar surface area (TPSA) is 237 Å². The predicted molar refractivity (Wildman–Crippen MR) is 418 cm³/mol. The van der Waals surface area contributed by atoms with Gasteiger partial charge in [-0.05, 0) is 116 Å². The van der Waals surface area contributed by atoms with Crippen LogP contribution in [0.1, 0.15) is 323 Å². The molecule has 0 aliphatic carbocycles. The van der Waals surface area contributed by atoms with E-state index in [1.54, 1.807) is 12.2 Å². The van der Waals surface area contributed by atoms with Crippen LogP contribution in [0.2, 0.25) is 0 Å². The van der Waals surface area contributed by atoms with Gasteiger partial charge < -0.3 is 33.8 Å². The zero-order valence-electron chi connectivity index (χ0n) is 64.0. The first kappa shape index (κ1) is 97.5. The Morgan fingerprint density at radius 2 is 0.569 bits per heavy atom. The maximum absolute atomic E-state index is 13.1.